The van der Waals surface area contributed by atoms with E-state index < -0.39 is 18.0 Å². The first kappa shape index (κ1) is 20.1. The minimum atomic E-state index is -0.607. The van der Waals surface area contributed by atoms with Crippen molar-refractivity contribution in [3.05, 3.63) is 58.9 Å². The summed E-state index contributed by atoms with van der Waals surface area (Å²) in [5, 5.41) is 9.84. The lowest BCUT2D eigenvalue weighted by Crippen LogP contribution is -2.49. The van der Waals surface area contributed by atoms with Gasteiger partial charge in [-0.1, -0.05) is 12.1 Å². The van der Waals surface area contributed by atoms with Gasteiger partial charge < -0.3 is 24.2 Å². The van der Waals surface area contributed by atoms with Crippen LogP contribution in [0.4, 0.5) is 4.39 Å². The van der Waals surface area contributed by atoms with E-state index in [9.17, 15) is 14.3 Å². The number of halogens is 1. The lowest BCUT2D eigenvalue weighted by atomic mass is 9.96. The van der Waals surface area contributed by atoms with Gasteiger partial charge in [-0.2, -0.15) is 0 Å². The van der Waals surface area contributed by atoms with E-state index in [1.807, 2.05) is 6.07 Å². The molecule has 1 fully saturated rings. The molecule has 6 nitrogen and oxygen atoms in total. The Kier molecular flexibility index (Phi) is 6.16. The van der Waals surface area contributed by atoms with Crippen LogP contribution < -0.4 is 9.47 Å². The zero-order chi connectivity index (χ0) is 20.3. The Balaban J connectivity index is 2.04. The molecule has 0 aliphatic carbocycles. The van der Waals surface area contributed by atoms with Crippen LogP contribution in [0.15, 0.2) is 36.4 Å². The zero-order valence-corrected chi connectivity index (χ0v) is 16.1. The SMILES string of the molecule is COc1ccc([C@@H]2[C@@H](CO)OCCN2C(=O)c2cccc(F)c2C)cc1OC. The molecule has 28 heavy (non-hydrogen) atoms. The van der Waals surface area contributed by atoms with Gasteiger partial charge >= 0.3 is 0 Å². The highest BCUT2D eigenvalue weighted by Crippen LogP contribution is 2.36. The van der Waals surface area contributed by atoms with Crippen LogP contribution >= 0.6 is 0 Å². The first-order valence-corrected chi connectivity index (χ1v) is 9.02. The van der Waals surface area contributed by atoms with Gasteiger partial charge in [0, 0.05) is 12.1 Å². The van der Waals surface area contributed by atoms with Crippen LogP contribution in [0.5, 0.6) is 11.5 Å². The van der Waals surface area contributed by atoms with Gasteiger partial charge in [0.2, 0.25) is 0 Å². The van der Waals surface area contributed by atoms with Crippen molar-refractivity contribution in [3.8, 4) is 11.5 Å². The van der Waals surface area contributed by atoms with Crippen molar-refractivity contribution in [2.24, 2.45) is 0 Å². The molecule has 2 atom stereocenters. The Morgan fingerprint density at radius 1 is 1.25 bits per heavy atom. The smallest absolute Gasteiger partial charge is 0.254 e. The molecule has 0 unspecified atom stereocenters. The van der Waals surface area contributed by atoms with Crippen molar-refractivity contribution < 1.29 is 28.5 Å². The van der Waals surface area contributed by atoms with Crippen LogP contribution in [0.3, 0.4) is 0 Å². The monoisotopic (exact) mass is 389 g/mol. The summed E-state index contributed by atoms with van der Waals surface area (Å²) in [5.74, 6) is 0.331. The molecule has 0 saturated carbocycles. The average Bonchev–Trinajstić information content (AvgIpc) is 2.74. The summed E-state index contributed by atoms with van der Waals surface area (Å²) in [6, 6.07) is 9.22. The van der Waals surface area contributed by atoms with Crippen LogP contribution in [0, 0.1) is 12.7 Å². The van der Waals surface area contributed by atoms with Gasteiger partial charge in [0.25, 0.3) is 5.91 Å². The molecule has 2 aromatic rings. The maximum absolute atomic E-state index is 14.0. The van der Waals surface area contributed by atoms with E-state index in [0.29, 0.717) is 29.2 Å². The highest BCUT2D eigenvalue weighted by molar-refractivity contribution is 5.96. The molecule has 7 heteroatoms. The maximum atomic E-state index is 14.0. The molecule has 3 rings (SSSR count). The van der Waals surface area contributed by atoms with Gasteiger partial charge in [-0.3, -0.25) is 4.79 Å². The van der Waals surface area contributed by atoms with Gasteiger partial charge in [-0.15, -0.1) is 0 Å². The molecule has 0 bridgehead atoms. The molecule has 150 valence electrons. The minimum Gasteiger partial charge on any atom is -0.493 e. The summed E-state index contributed by atoms with van der Waals surface area (Å²) < 4.78 is 30.3. The van der Waals surface area contributed by atoms with E-state index in [4.69, 9.17) is 14.2 Å². The van der Waals surface area contributed by atoms with Gasteiger partial charge in [0.15, 0.2) is 11.5 Å². The van der Waals surface area contributed by atoms with E-state index in [2.05, 4.69) is 0 Å². The Morgan fingerprint density at radius 2 is 2.00 bits per heavy atom. The lowest BCUT2D eigenvalue weighted by Gasteiger charge is -2.41. The number of amides is 1. The summed E-state index contributed by atoms with van der Waals surface area (Å²) in [7, 11) is 3.07. The minimum absolute atomic E-state index is 0.259. The Morgan fingerprint density at radius 3 is 2.68 bits per heavy atom. The molecule has 0 aromatic heterocycles. The predicted octanol–water partition coefficient (Wildman–Crippen LogP) is 2.73. The van der Waals surface area contributed by atoms with Gasteiger partial charge in [0.1, 0.15) is 11.9 Å². The molecule has 0 spiro atoms. The van der Waals surface area contributed by atoms with Gasteiger partial charge in [-0.05, 0) is 42.3 Å². The third-order valence-corrected chi connectivity index (χ3v) is 5.04. The van der Waals surface area contributed by atoms with Crippen molar-refractivity contribution in [3.63, 3.8) is 0 Å². The van der Waals surface area contributed by atoms with Crippen LogP contribution in [0.1, 0.15) is 27.5 Å². The molecule has 1 heterocycles. The number of hydrogen-bond donors (Lipinski definition) is 1. The second-order valence-electron chi connectivity index (χ2n) is 6.56. The third kappa shape index (κ3) is 3.68. The molecular weight excluding hydrogens is 365 g/mol. The number of nitrogens with zero attached hydrogens (tertiary/aromatic N) is 1. The van der Waals surface area contributed by atoms with Crippen LogP contribution in [-0.4, -0.2) is 56.0 Å². The first-order valence-electron chi connectivity index (χ1n) is 9.02. The van der Waals surface area contributed by atoms with Crippen molar-refractivity contribution in [2.75, 3.05) is 34.0 Å². The number of benzene rings is 2. The van der Waals surface area contributed by atoms with Gasteiger partial charge in [0.05, 0.1) is 33.5 Å². The largest absolute Gasteiger partial charge is 0.493 e. The molecular formula is C21H24FNO5. The van der Waals surface area contributed by atoms with Gasteiger partial charge in [-0.25, -0.2) is 4.39 Å². The normalized spacial score (nSPS) is 19.4. The number of ether oxygens (including phenoxy) is 3. The molecule has 2 aromatic carbocycles. The number of aliphatic hydroxyl groups excluding tert-OH is 1. The fourth-order valence-corrected chi connectivity index (χ4v) is 3.54. The van der Waals surface area contributed by atoms with E-state index in [1.54, 1.807) is 37.1 Å². The lowest BCUT2D eigenvalue weighted by molar-refractivity contribution is -0.0812. The third-order valence-electron chi connectivity index (χ3n) is 5.04. The summed E-state index contributed by atoms with van der Waals surface area (Å²) in [4.78, 5) is 14.9. The average molecular weight is 389 g/mol. The zero-order valence-electron chi connectivity index (χ0n) is 16.1. The predicted molar refractivity (Wildman–Crippen MR) is 101 cm³/mol. The topological polar surface area (TPSA) is 68.2 Å². The Bertz CT molecular complexity index is 857. The number of methoxy groups -OCH3 is 2. The molecule has 1 N–H and O–H groups in total. The van der Waals surface area contributed by atoms with E-state index in [-0.39, 0.29) is 19.1 Å². The first-order chi connectivity index (χ1) is 13.5. The molecule has 1 aliphatic rings. The quantitative estimate of drug-likeness (QED) is 0.852. The highest BCUT2D eigenvalue weighted by Gasteiger charge is 2.37. The highest BCUT2D eigenvalue weighted by atomic mass is 19.1. The molecule has 1 aliphatic heterocycles. The molecule has 1 saturated heterocycles. The fraction of sp³-hybridized carbons (Fsp3) is 0.381. The van der Waals surface area contributed by atoms with Crippen molar-refractivity contribution in [1.82, 2.24) is 4.90 Å². The van der Waals surface area contributed by atoms with Crippen molar-refractivity contribution in [1.29, 1.82) is 0 Å². The van der Waals surface area contributed by atoms with Crippen LogP contribution in [0.2, 0.25) is 0 Å². The number of hydrogen-bond acceptors (Lipinski definition) is 5. The number of rotatable bonds is 5. The molecule has 1 amide bonds. The van der Waals surface area contributed by atoms with Crippen molar-refractivity contribution >= 4 is 5.91 Å². The number of carbonyl (C=O) groups excluding carboxylic acids is 1. The summed E-state index contributed by atoms with van der Waals surface area (Å²) in [6.07, 6.45) is -0.607. The number of carbonyl (C=O) groups is 1. The van der Waals surface area contributed by atoms with Crippen molar-refractivity contribution in [2.45, 2.75) is 19.1 Å². The second kappa shape index (κ2) is 8.58. The van der Waals surface area contributed by atoms with E-state index in [0.717, 1.165) is 5.56 Å². The maximum Gasteiger partial charge on any atom is 0.254 e. The number of morpholine rings is 1. The Labute approximate surface area is 163 Å². The summed E-state index contributed by atoms with van der Waals surface area (Å²) in [6.45, 7) is 1.93. The summed E-state index contributed by atoms with van der Waals surface area (Å²) in [5.41, 5.74) is 1.33. The van der Waals surface area contributed by atoms with E-state index in [1.165, 1.54) is 19.2 Å². The van der Waals surface area contributed by atoms with E-state index >= 15 is 0 Å². The second-order valence-corrected chi connectivity index (χ2v) is 6.56. The van der Waals surface area contributed by atoms with Crippen LogP contribution in [-0.2, 0) is 4.74 Å². The number of aliphatic hydroxyl groups is 1. The Hall–Kier alpha value is -2.64. The van der Waals surface area contributed by atoms with Crippen LogP contribution in [0.25, 0.3) is 0 Å². The fourth-order valence-electron chi connectivity index (χ4n) is 3.54. The molecule has 0 radical (unpaired) electrons. The summed E-state index contributed by atoms with van der Waals surface area (Å²) >= 11 is 0. The standard InChI is InChI=1S/C21H24FNO5/c1-13-15(5-4-6-16(13)22)21(25)23-9-10-28-19(12-24)20(23)14-7-8-17(26-2)18(11-14)27-3/h4-8,11,19-20,24H,9-10,12H2,1-3H3/t19-,20-/m1/s1.